The quantitative estimate of drug-likeness (QED) is 0.850. The highest BCUT2D eigenvalue weighted by Gasteiger charge is 2.25. The van der Waals surface area contributed by atoms with E-state index in [4.69, 9.17) is 4.74 Å². The second-order valence-corrected chi connectivity index (χ2v) is 5.82. The van der Waals surface area contributed by atoms with Crippen LogP contribution in [0.5, 0.6) is 0 Å². The molecule has 5 heteroatoms. The van der Waals surface area contributed by atoms with Crippen molar-refractivity contribution in [3.8, 4) is 0 Å². The zero-order chi connectivity index (χ0) is 15.4. The molecule has 0 amide bonds. The fourth-order valence-electron chi connectivity index (χ4n) is 2.99. The van der Waals surface area contributed by atoms with E-state index in [1.165, 1.54) is 11.3 Å². The van der Waals surface area contributed by atoms with Gasteiger partial charge in [0, 0.05) is 44.7 Å². The smallest absolute Gasteiger partial charge is 0.0622 e. The maximum absolute atomic E-state index is 5.71. The lowest BCUT2D eigenvalue weighted by Gasteiger charge is -2.29. The fraction of sp³-hybridized carbons (Fsp3) is 0.529. The van der Waals surface area contributed by atoms with Gasteiger partial charge in [-0.15, -0.1) is 0 Å². The topological polar surface area (TPSA) is 43.2 Å². The molecule has 1 aliphatic rings. The van der Waals surface area contributed by atoms with E-state index in [1.54, 1.807) is 0 Å². The van der Waals surface area contributed by atoms with Gasteiger partial charge in [0.05, 0.1) is 18.0 Å². The first-order valence-electron chi connectivity index (χ1n) is 8.01. The minimum atomic E-state index is 0.406. The van der Waals surface area contributed by atoms with Crippen molar-refractivity contribution in [2.24, 2.45) is 0 Å². The first kappa shape index (κ1) is 15.2. The molecule has 0 aliphatic carbocycles. The van der Waals surface area contributed by atoms with Crippen LogP contribution in [0.25, 0.3) is 0 Å². The molecule has 22 heavy (non-hydrogen) atoms. The van der Waals surface area contributed by atoms with Crippen molar-refractivity contribution in [3.05, 3.63) is 47.5 Å². The van der Waals surface area contributed by atoms with Crippen molar-refractivity contribution < 1.29 is 4.74 Å². The number of rotatable bonds is 5. The van der Waals surface area contributed by atoms with E-state index in [9.17, 15) is 0 Å². The van der Waals surface area contributed by atoms with Crippen molar-refractivity contribution in [2.45, 2.75) is 45.9 Å². The lowest BCUT2D eigenvalue weighted by molar-refractivity contribution is 0.0552. The van der Waals surface area contributed by atoms with Gasteiger partial charge in [0.1, 0.15) is 0 Å². The number of fused-ring (bicyclic) bond motifs is 1. The SMILES string of the molecule is CCOC[C@@H]1CCn2nccc2CN1Cc1ncccc1C. The van der Waals surface area contributed by atoms with Crippen LogP contribution in [-0.2, 0) is 24.4 Å². The Morgan fingerprint density at radius 2 is 2.23 bits per heavy atom. The zero-order valence-electron chi connectivity index (χ0n) is 13.4. The second kappa shape index (κ2) is 7.03. The van der Waals surface area contributed by atoms with E-state index in [0.29, 0.717) is 6.04 Å². The van der Waals surface area contributed by atoms with Crippen LogP contribution in [-0.4, -0.2) is 38.9 Å². The first-order valence-corrected chi connectivity index (χ1v) is 8.01. The van der Waals surface area contributed by atoms with Gasteiger partial charge in [0.2, 0.25) is 0 Å². The molecule has 118 valence electrons. The maximum Gasteiger partial charge on any atom is 0.0622 e. The summed E-state index contributed by atoms with van der Waals surface area (Å²) in [4.78, 5) is 7.03. The largest absolute Gasteiger partial charge is 0.380 e. The third kappa shape index (κ3) is 3.36. The van der Waals surface area contributed by atoms with Crippen LogP contribution < -0.4 is 0 Å². The van der Waals surface area contributed by atoms with E-state index in [1.807, 2.05) is 18.5 Å². The van der Waals surface area contributed by atoms with E-state index in [2.05, 4.69) is 45.6 Å². The van der Waals surface area contributed by atoms with Gasteiger partial charge in [-0.3, -0.25) is 14.6 Å². The zero-order valence-corrected chi connectivity index (χ0v) is 13.4. The van der Waals surface area contributed by atoms with Gasteiger partial charge in [-0.2, -0.15) is 5.10 Å². The molecule has 0 saturated heterocycles. The molecular formula is C17H24N4O. The summed E-state index contributed by atoms with van der Waals surface area (Å²) < 4.78 is 7.83. The van der Waals surface area contributed by atoms with Crippen LogP contribution in [0.15, 0.2) is 30.6 Å². The monoisotopic (exact) mass is 300 g/mol. The molecule has 0 unspecified atom stereocenters. The third-order valence-corrected chi connectivity index (χ3v) is 4.35. The number of ether oxygens (including phenoxy) is 1. The number of nitrogens with zero attached hydrogens (tertiary/aromatic N) is 4. The molecule has 0 aromatic carbocycles. The number of hydrogen-bond acceptors (Lipinski definition) is 4. The molecule has 2 aromatic heterocycles. The summed E-state index contributed by atoms with van der Waals surface area (Å²) in [6.45, 7) is 8.42. The number of pyridine rings is 1. The molecule has 1 atom stereocenters. The van der Waals surface area contributed by atoms with Crippen molar-refractivity contribution in [3.63, 3.8) is 0 Å². The van der Waals surface area contributed by atoms with Gasteiger partial charge in [0.15, 0.2) is 0 Å². The normalized spacial score (nSPS) is 18.9. The highest BCUT2D eigenvalue weighted by molar-refractivity contribution is 5.18. The van der Waals surface area contributed by atoms with Crippen LogP contribution in [0.4, 0.5) is 0 Å². The third-order valence-electron chi connectivity index (χ3n) is 4.35. The number of aromatic nitrogens is 3. The van der Waals surface area contributed by atoms with Crippen LogP contribution in [0.2, 0.25) is 0 Å². The Labute approximate surface area is 131 Å². The molecule has 1 aliphatic heterocycles. The van der Waals surface area contributed by atoms with Crippen molar-refractivity contribution in [1.29, 1.82) is 0 Å². The molecule has 0 fully saturated rings. The van der Waals surface area contributed by atoms with Crippen LogP contribution in [0.1, 0.15) is 30.3 Å². The lowest BCUT2D eigenvalue weighted by atomic mass is 10.1. The van der Waals surface area contributed by atoms with Crippen molar-refractivity contribution >= 4 is 0 Å². The van der Waals surface area contributed by atoms with E-state index >= 15 is 0 Å². The Kier molecular flexibility index (Phi) is 4.85. The molecule has 5 nitrogen and oxygen atoms in total. The highest BCUT2D eigenvalue weighted by Crippen LogP contribution is 2.20. The molecular weight excluding hydrogens is 276 g/mol. The summed E-state index contributed by atoms with van der Waals surface area (Å²) in [6, 6.07) is 6.64. The Hall–Kier alpha value is -1.72. The van der Waals surface area contributed by atoms with Gasteiger partial charge >= 0.3 is 0 Å². The Balaban J connectivity index is 1.80. The van der Waals surface area contributed by atoms with Crippen molar-refractivity contribution in [2.75, 3.05) is 13.2 Å². The van der Waals surface area contributed by atoms with E-state index in [0.717, 1.165) is 45.0 Å². The Morgan fingerprint density at radius 3 is 3.05 bits per heavy atom. The maximum atomic E-state index is 5.71. The number of hydrogen-bond donors (Lipinski definition) is 0. The fourth-order valence-corrected chi connectivity index (χ4v) is 2.99. The molecule has 0 spiro atoms. The summed E-state index contributed by atoms with van der Waals surface area (Å²) in [6.07, 6.45) is 4.82. The van der Waals surface area contributed by atoms with Crippen LogP contribution in [0, 0.1) is 6.92 Å². The molecule has 0 bridgehead atoms. The summed E-state index contributed by atoms with van der Waals surface area (Å²) in [7, 11) is 0. The number of aryl methyl sites for hydroxylation is 2. The summed E-state index contributed by atoms with van der Waals surface area (Å²) in [5, 5.41) is 4.42. The first-order chi connectivity index (χ1) is 10.8. The standard InChI is InChI=1S/C17H24N4O/c1-3-22-13-16-7-10-21-15(6-9-19-21)11-20(16)12-17-14(2)5-4-8-18-17/h4-6,8-9,16H,3,7,10-13H2,1-2H3/t16-/m0/s1. The summed E-state index contributed by atoms with van der Waals surface area (Å²) in [5.74, 6) is 0. The van der Waals surface area contributed by atoms with Gasteiger partial charge in [-0.1, -0.05) is 6.07 Å². The molecule has 2 aromatic rings. The van der Waals surface area contributed by atoms with Gasteiger partial charge in [0.25, 0.3) is 0 Å². The predicted octanol–water partition coefficient (Wildman–Crippen LogP) is 2.40. The minimum Gasteiger partial charge on any atom is -0.380 e. The summed E-state index contributed by atoms with van der Waals surface area (Å²) >= 11 is 0. The molecule has 3 heterocycles. The van der Waals surface area contributed by atoms with Gasteiger partial charge in [-0.05, 0) is 38.0 Å². The lowest BCUT2D eigenvalue weighted by Crippen LogP contribution is -2.37. The predicted molar refractivity (Wildman–Crippen MR) is 85.3 cm³/mol. The Morgan fingerprint density at radius 1 is 1.32 bits per heavy atom. The molecule has 0 saturated carbocycles. The highest BCUT2D eigenvalue weighted by atomic mass is 16.5. The van der Waals surface area contributed by atoms with Gasteiger partial charge < -0.3 is 4.74 Å². The molecule has 0 N–H and O–H groups in total. The van der Waals surface area contributed by atoms with E-state index < -0.39 is 0 Å². The van der Waals surface area contributed by atoms with E-state index in [-0.39, 0.29) is 0 Å². The average Bonchev–Trinajstić information content (AvgIpc) is 2.90. The second-order valence-electron chi connectivity index (χ2n) is 5.82. The van der Waals surface area contributed by atoms with Gasteiger partial charge in [-0.25, -0.2) is 0 Å². The average molecular weight is 300 g/mol. The minimum absolute atomic E-state index is 0.406. The molecule has 3 rings (SSSR count). The van der Waals surface area contributed by atoms with Crippen molar-refractivity contribution in [1.82, 2.24) is 19.7 Å². The van der Waals surface area contributed by atoms with Crippen LogP contribution >= 0.6 is 0 Å². The summed E-state index contributed by atoms with van der Waals surface area (Å²) in [5.41, 5.74) is 3.67. The van der Waals surface area contributed by atoms with Crippen LogP contribution in [0.3, 0.4) is 0 Å². The Bertz CT molecular complexity index is 610. The molecule has 0 radical (unpaired) electrons.